The van der Waals surface area contributed by atoms with E-state index in [-0.39, 0.29) is 43.9 Å². The predicted molar refractivity (Wildman–Crippen MR) is 260 cm³/mol. The monoisotopic (exact) mass is 985 g/mol. The number of nitrogens with zero attached hydrogens (tertiary/aromatic N) is 4. The zero-order chi connectivity index (χ0) is 51.9. The molecule has 0 aromatic rings. The van der Waals surface area contributed by atoms with E-state index in [4.69, 9.17) is 51.5 Å². The molecule has 1 aliphatic carbocycles. The van der Waals surface area contributed by atoms with E-state index in [0.717, 1.165) is 19.3 Å². The summed E-state index contributed by atoms with van der Waals surface area (Å²) in [6.07, 6.45) is -1.79. The smallest absolute Gasteiger partial charge is 0.311 e. The Bertz CT molecular complexity index is 1590. The van der Waals surface area contributed by atoms with Gasteiger partial charge in [-0.25, -0.2) is 0 Å². The molecule has 19 heteroatoms. The second-order valence-corrected chi connectivity index (χ2v) is 20.5. The summed E-state index contributed by atoms with van der Waals surface area (Å²) in [4.78, 5) is 23.9. The molecule has 3 heterocycles. The van der Waals surface area contributed by atoms with Gasteiger partial charge in [0.2, 0.25) is 8.65 Å². The van der Waals surface area contributed by atoms with Crippen LogP contribution in [0.5, 0.6) is 0 Å². The molecular formula is C47H88N4O13S2. The Balaban J connectivity index is 0.00000386. The summed E-state index contributed by atoms with van der Waals surface area (Å²) >= 11 is 7.06. The van der Waals surface area contributed by atoms with Crippen molar-refractivity contribution in [2.75, 3.05) is 19.1 Å². The summed E-state index contributed by atoms with van der Waals surface area (Å²) < 4.78 is 54.6. The second-order valence-electron chi connectivity index (χ2n) is 20.5. The number of thiol groups is 2. The Morgan fingerprint density at radius 3 is 2.11 bits per heavy atom. The maximum absolute atomic E-state index is 14.6. The Morgan fingerprint density at radius 1 is 0.909 bits per heavy atom. The third-order valence-corrected chi connectivity index (χ3v) is 13.8. The summed E-state index contributed by atoms with van der Waals surface area (Å²) in [6, 6.07) is 0. The van der Waals surface area contributed by atoms with Crippen molar-refractivity contribution in [1.29, 1.82) is 2.86 Å². The third kappa shape index (κ3) is 15.8. The van der Waals surface area contributed by atoms with Crippen LogP contribution in [-0.2, 0) is 38.1 Å². The van der Waals surface area contributed by atoms with Crippen molar-refractivity contribution in [3.8, 4) is 0 Å². The SMILES string of the molecule is CS.CS.[3H]OC1C(C)CC(C)OC1O[C@@H]1[C@@H](C)[C@H](OC2CC(C)(C)C(O[3H])C(C)O2)[C@@H](C)C(=O)O[C@H](CCN=[N+]=[N-])[C@@](C)(O)[C@H](O)[C@@H](C)/C(=N/OC2(OC(C)C)CCCCC2)[C@H](C)C[C@@]1(C)O. The van der Waals surface area contributed by atoms with E-state index in [1.165, 1.54) is 6.92 Å². The van der Waals surface area contributed by atoms with E-state index in [9.17, 15) is 25.6 Å². The van der Waals surface area contributed by atoms with Crippen LogP contribution in [0.1, 0.15) is 148 Å². The van der Waals surface area contributed by atoms with E-state index in [1.54, 1.807) is 47.1 Å². The van der Waals surface area contributed by atoms with Gasteiger partial charge in [-0.1, -0.05) is 58.2 Å². The number of ether oxygens (including phenoxy) is 6. The van der Waals surface area contributed by atoms with Gasteiger partial charge in [0.15, 0.2) is 12.6 Å². The van der Waals surface area contributed by atoms with E-state index in [1.807, 2.05) is 48.5 Å². The van der Waals surface area contributed by atoms with Crippen molar-refractivity contribution < 1.29 is 63.6 Å². The third-order valence-electron chi connectivity index (χ3n) is 13.8. The molecular weight excluding hydrogens is 893 g/mol. The fourth-order valence-electron chi connectivity index (χ4n) is 10.3. The zero-order valence-corrected chi connectivity index (χ0v) is 44.2. The Morgan fingerprint density at radius 2 is 1.55 bits per heavy atom. The number of azide groups is 1. The van der Waals surface area contributed by atoms with Gasteiger partial charge in [0.25, 0.3) is 0 Å². The summed E-state index contributed by atoms with van der Waals surface area (Å²) in [7, 11) is 0. The number of cyclic esters (lactones) is 1. The van der Waals surface area contributed by atoms with Gasteiger partial charge in [-0.2, -0.15) is 25.3 Å². The van der Waals surface area contributed by atoms with Crippen LogP contribution in [0, 0.1) is 35.0 Å². The fraction of sp³-hybridized carbons (Fsp3) is 0.957. The average molecular weight is 985 g/mol. The highest BCUT2D eigenvalue weighted by Gasteiger charge is 2.53. The standard InChI is InChI=1S/C45H80N4O13.2CH4S/c1-24(2)61-45(18-15-14-16-19-45)62-48-34-26(4)22-43(12,54)39(60-41-35(50)25(3)21-27(5)56-41)29(7)36(59-33-23-42(10,11)38(52)31(9)57-33)30(8)40(53)58-32(17-20-47-49-46)44(13,55)37(51)28(34)6;2*1-2/h24-33,35-39,41,50-52,54-55H,14-23H2,1-13H3;2*2H,1H3/b48-34+;;/t25?,26-,27?,28+,29+,30-,31?,32-,33?,35?,36+,37-,38?,39-,41?,43-,44-;;/m1../s1/i50T,52T;;. The number of carbonyl (C=O) groups is 1. The van der Waals surface area contributed by atoms with E-state index >= 15 is 0 Å². The molecule has 17 atom stereocenters. The minimum Gasteiger partial charge on any atom is -0.459 e. The van der Waals surface area contributed by atoms with Gasteiger partial charge in [0.1, 0.15) is 17.8 Å². The summed E-state index contributed by atoms with van der Waals surface area (Å²) in [5, 5.41) is 56.3. The van der Waals surface area contributed by atoms with E-state index in [2.05, 4.69) is 35.3 Å². The molecule has 0 radical (unpaired) electrons. The molecule has 66 heavy (non-hydrogen) atoms. The molecule has 3 aliphatic heterocycles. The normalized spacial score (nSPS) is 42.1. The number of oxime groups is 1. The molecule has 1 saturated carbocycles. The van der Waals surface area contributed by atoms with Gasteiger partial charge in [0.05, 0.1) is 60.0 Å². The van der Waals surface area contributed by atoms with Gasteiger partial charge in [-0.15, -0.1) is 0 Å². The first-order valence-electron chi connectivity index (χ1n) is 24.7. The highest BCUT2D eigenvalue weighted by Crippen LogP contribution is 2.43. The Labute approximate surface area is 409 Å². The minimum atomic E-state index is -2.13. The maximum Gasteiger partial charge on any atom is 0.311 e. The van der Waals surface area contributed by atoms with Gasteiger partial charge < -0.3 is 58.8 Å². The van der Waals surface area contributed by atoms with Gasteiger partial charge in [-0.05, 0) is 110 Å². The molecule has 4 rings (SSSR count). The van der Waals surface area contributed by atoms with Crippen LogP contribution >= 0.6 is 25.3 Å². The van der Waals surface area contributed by atoms with Crippen LogP contribution in [0.4, 0.5) is 0 Å². The number of carbonyl (C=O) groups excluding carboxylic acids is 1. The summed E-state index contributed by atoms with van der Waals surface area (Å²) in [5.74, 6) is -5.59. The summed E-state index contributed by atoms with van der Waals surface area (Å²) in [6.45, 7) is 23.1. The molecule has 0 spiro atoms. The lowest BCUT2D eigenvalue weighted by Gasteiger charge is -2.48. The van der Waals surface area contributed by atoms with Crippen LogP contribution in [0.25, 0.3) is 10.4 Å². The van der Waals surface area contributed by atoms with Crippen molar-refractivity contribution in [1.82, 2.24) is 0 Å². The van der Waals surface area contributed by atoms with Gasteiger partial charge in [0, 0.05) is 48.5 Å². The van der Waals surface area contributed by atoms with E-state index in [0.29, 0.717) is 25.0 Å². The number of hydrogen-bond donors (Lipinski definition) is 7. The van der Waals surface area contributed by atoms with Crippen molar-refractivity contribution >= 4 is 36.9 Å². The van der Waals surface area contributed by atoms with Crippen LogP contribution in [0.2, 0.25) is 0 Å². The average Bonchev–Trinajstić information content (AvgIpc) is 3.26. The summed E-state index contributed by atoms with van der Waals surface area (Å²) in [5.41, 5.74) is 4.97. The quantitative estimate of drug-likeness (QED) is 0.0181. The van der Waals surface area contributed by atoms with Crippen molar-refractivity contribution in [2.24, 2.45) is 45.3 Å². The molecule has 0 amide bonds. The molecule has 4 aliphatic rings. The molecule has 17 nitrogen and oxygen atoms in total. The molecule has 5 N–H and O–H groups in total. The number of hydrogen-bond acceptors (Lipinski definition) is 17. The Hall–Kier alpha value is -1.45. The fourth-order valence-corrected chi connectivity index (χ4v) is 10.3. The van der Waals surface area contributed by atoms with Crippen molar-refractivity contribution in [3.05, 3.63) is 10.4 Å². The lowest BCUT2D eigenvalue weighted by atomic mass is 9.73. The van der Waals surface area contributed by atoms with E-state index < -0.39 is 107 Å². The molecule has 3 saturated heterocycles. The van der Waals surface area contributed by atoms with Crippen molar-refractivity contribution in [3.63, 3.8) is 0 Å². The largest absolute Gasteiger partial charge is 0.459 e. The minimum absolute atomic E-state index is 0.0377. The molecule has 4 fully saturated rings. The van der Waals surface area contributed by atoms with Crippen LogP contribution in [-0.4, -0.2) is 144 Å². The van der Waals surface area contributed by atoms with Crippen LogP contribution in [0.15, 0.2) is 10.3 Å². The number of esters is 1. The molecule has 0 aromatic carbocycles. The first kappa shape index (κ1) is 57.1. The predicted octanol–water partition coefficient (Wildman–Crippen LogP) is 7.38. The van der Waals surface area contributed by atoms with Crippen LogP contribution in [0.3, 0.4) is 0 Å². The molecule has 7 unspecified atom stereocenters. The number of aliphatic hydroxyl groups is 5. The molecule has 0 bridgehead atoms. The van der Waals surface area contributed by atoms with Crippen molar-refractivity contribution in [2.45, 2.75) is 232 Å². The lowest BCUT2D eigenvalue weighted by Crippen LogP contribution is -2.59. The molecule has 0 aromatic heterocycles. The van der Waals surface area contributed by atoms with Gasteiger partial charge in [-0.3, -0.25) is 4.79 Å². The lowest BCUT2D eigenvalue weighted by molar-refractivity contribution is -0.312. The second kappa shape index (κ2) is 26.7. The zero-order valence-electron chi connectivity index (χ0n) is 44.4. The highest BCUT2D eigenvalue weighted by atomic mass is 32.1. The topological polar surface area (TPSA) is 244 Å². The van der Waals surface area contributed by atoms with Gasteiger partial charge >= 0.3 is 5.97 Å². The first-order chi connectivity index (χ1) is 31.8. The highest BCUT2D eigenvalue weighted by molar-refractivity contribution is 7.79. The number of rotatable bonds is 13. The van der Waals surface area contributed by atoms with Crippen LogP contribution < -0.4 is 0 Å². The first-order valence-corrected chi connectivity index (χ1v) is 25.7. The Kier molecular flexibility index (Phi) is 23.1. The maximum atomic E-state index is 14.6. The number of aliphatic hydroxyl groups excluding tert-OH is 3. The molecule has 386 valence electrons.